The first kappa shape index (κ1) is 20.4. The fourth-order valence-electron chi connectivity index (χ4n) is 3.00. The van der Waals surface area contributed by atoms with Crippen LogP contribution in [0.1, 0.15) is 29.2 Å². The first-order valence-corrected chi connectivity index (χ1v) is 9.90. The van der Waals surface area contributed by atoms with E-state index in [2.05, 4.69) is 18.1 Å². The van der Waals surface area contributed by atoms with Gasteiger partial charge in [0.15, 0.2) is 3.68 Å². The Labute approximate surface area is 178 Å². The number of hydrogen-bond donors (Lipinski definition) is 0. The maximum atomic E-state index is 14.8. The van der Waals surface area contributed by atoms with Crippen LogP contribution in [0.25, 0.3) is 22.9 Å². The van der Waals surface area contributed by atoms with Crippen LogP contribution in [0, 0.1) is 5.82 Å². The summed E-state index contributed by atoms with van der Waals surface area (Å²) in [4.78, 5) is 4.29. The third-order valence-corrected chi connectivity index (χ3v) is 5.19. The van der Waals surface area contributed by atoms with Crippen LogP contribution in [0.15, 0.2) is 74.0 Å². The maximum Gasteiger partial charge on any atom is 0.183 e. The minimum absolute atomic E-state index is 0.353. The highest BCUT2D eigenvalue weighted by molar-refractivity contribution is 14.1. The quantitative estimate of drug-likeness (QED) is 0.262. The number of benzene rings is 2. The van der Waals surface area contributed by atoms with E-state index < -0.39 is 3.68 Å². The predicted molar refractivity (Wildman–Crippen MR) is 121 cm³/mol. The van der Waals surface area contributed by atoms with Gasteiger partial charge in [-0.05, 0) is 76.4 Å². The molecule has 142 valence electrons. The van der Waals surface area contributed by atoms with Gasteiger partial charge in [-0.3, -0.25) is 4.98 Å². The van der Waals surface area contributed by atoms with Crippen molar-refractivity contribution in [1.29, 1.82) is 0 Å². The molecule has 1 atom stereocenters. The van der Waals surface area contributed by atoms with Crippen molar-refractivity contribution < 1.29 is 8.78 Å². The van der Waals surface area contributed by atoms with Crippen LogP contribution in [0.3, 0.4) is 0 Å². The zero-order chi connectivity index (χ0) is 20.3. The van der Waals surface area contributed by atoms with Gasteiger partial charge in [-0.2, -0.15) is 0 Å². The highest BCUT2D eigenvalue weighted by Gasteiger charge is 2.20. The molecule has 0 saturated carbocycles. The molecular weight excluding hydrogens is 467 g/mol. The molecule has 1 unspecified atom stereocenters. The molecule has 4 heteroatoms. The molecule has 3 rings (SSSR count). The van der Waals surface area contributed by atoms with Crippen molar-refractivity contribution in [2.75, 3.05) is 0 Å². The molecule has 0 aliphatic carbocycles. The summed E-state index contributed by atoms with van der Waals surface area (Å²) in [5, 5.41) is 0. The number of hydrogen-bond acceptors (Lipinski definition) is 1. The van der Waals surface area contributed by atoms with Gasteiger partial charge in [0.25, 0.3) is 0 Å². The Morgan fingerprint density at radius 1 is 1.18 bits per heavy atom. The first-order chi connectivity index (χ1) is 13.3. The molecule has 0 saturated heterocycles. The molecule has 1 nitrogen and oxygen atoms in total. The Morgan fingerprint density at radius 3 is 2.50 bits per heavy atom. The van der Waals surface area contributed by atoms with Crippen molar-refractivity contribution in [3.05, 3.63) is 102 Å². The summed E-state index contributed by atoms with van der Waals surface area (Å²) >= 11 is 1.77. The fourth-order valence-corrected chi connectivity index (χ4v) is 3.36. The van der Waals surface area contributed by atoms with E-state index in [1.807, 2.05) is 24.3 Å². The van der Waals surface area contributed by atoms with Crippen LogP contribution in [0.5, 0.6) is 0 Å². The van der Waals surface area contributed by atoms with E-state index in [4.69, 9.17) is 0 Å². The number of nitrogens with zero attached hydrogens (tertiary/aromatic N) is 1. The second kappa shape index (κ2) is 8.35. The first-order valence-electron chi connectivity index (χ1n) is 8.82. The fraction of sp³-hybridized carbons (Fsp3) is 0.125. The van der Waals surface area contributed by atoms with Gasteiger partial charge in [-0.25, -0.2) is 8.78 Å². The molecule has 1 aromatic heterocycles. The molecule has 3 aromatic rings. The summed E-state index contributed by atoms with van der Waals surface area (Å²) < 4.78 is 27.3. The van der Waals surface area contributed by atoms with Gasteiger partial charge >= 0.3 is 0 Å². The molecule has 0 N–H and O–H groups in total. The van der Waals surface area contributed by atoms with Gasteiger partial charge in [0.1, 0.15) is 5.82 Å². The third kappa shape index (κ3) is 4.55. The molecule has 0 radical (unpaired) electrons. The van der Waals surface area contributed by atoms with Gasteiger partial charge in [0.2, 0.25) is 0 Å². The number of allylic oxidation sites excluding steroid dienone is 1. The number of pyridine rings is 1. The van der Waals surface area contributed by atoms with E-state index in [0.29, 0.717) is 23.2 Å². The van der Waals surface area contributed by atoms with E-state index in [0.717, 1.165) is 22.3 Å². The smallest absolute Gasteiger partial charge is 0.183 e. The monoisotopic (exact) mass is 487 g/mol. The lowest BCUT2D eigenvalue weighted by atomic mass is 9.96. The van der Waals surface area contributed by atoms with Crippen LogP contribution in [0.4, 0.5) is 8.78 Å². The Kier molecular flexibility index (Phi) is 6.08. The summed E-state index contributed by atoms with van der Waals surface area (Å²) in [6.45, 7) is 9.37. The average molecular weight is 487 g/mol. The van der Waals surface area contributed by atoms with E-state index >= 15 is 0 Å². The lowest BCUT2D eigenvalue weighted by Gasteiger charge is -2.14. The van der Waals surface area contributed by atoms with Gasteiger partial charge in [0.05, 0.1) is 5.69 Å². The average Bonchev–Trinajstić information content (AvgIpc) is 2.67. The van der Waals surface area contributed by atoms with E-state index in [-0.39, 0.29) is 5.82 Å². The highest BCUT2D eigenvalue weighted by atomic mass is 127. The summed E-state index contributed by atoms with van der Waals surface area (Å²) in [6.07, 6.45) is 3.86. The SMILES string of the molecule is C=Cc1cccnc1-c1ccc(C(=C)Cc2ccc(C(C)(F)I)cc2)cc1F. The molecule has 2 aromatic carbocycles. The Balaban J connectivity index is 1.82. The number of alkyl halides is 2. The van der Waals surface area contributed by atoms with Crippen molar-refractivity contribution in [2.45, 2.75) is 17.0 Å². The maximum absolute atomic E-state index is 14.8. The van der Waals surface area contributed by atoms with E-state index in [1.54, 1.807) is 59.1 Å². The molecule has 0 fully saturated rings. The zero-order valence-electron chi connectivity index (χ0n) is 15.6. The van der Waals surface area contributed by atoms with Gasteiger partial charge in [0, 0.05) is 17.3 Å². The lowest BCUT2D eigenvalue weighted by molar-refractivity contribution is 0.349. The Hall–Kier alpha value is -2.34. The molecule has 0 bridgehead atoms. The minimum atomic E-state index is -1.40. The van der Waals surface area contributed by atoms with Crippen molar-refractivity contribution in [3.8, 4) is 11.3 Å². The van der Waals surface area contributed by atoms with Crippen LogP contribution >= 0.6 is 22.6 Å². The molecule has 0 spiro atoms. The molecule has 28 heavy (non-hydrogen) atoms. The third-order valence-electron chi connectivity index (χ3n) is 4.57. The van der Waals surface area contributed by atoms with Crippen LogP contribution < -0.4 is 0 Å². The molecule has 1 heterocycles. The second-order valence-electron chi connectivity index (χ2n) is 6.71. The Bertz CT molecular complexity index is 1020. The van der Waals surface area contributed by atoms with E-state index in [1.165, 1.54) is 13.0 Å². The standard InChI is InChI=1S/C24H20F2IN/c1-4-18-6-5-13-28-23(18)21-12-9-19(15-22(21)25)16(2)14-17-7-10-20(11-8-17)24(3,26)27/h4-13,15H,1-2,14H2,3H3. The second-order valence-corrected chi connectivity index (χ2v) is 8.73. The molecule has 0 aliphatic heterocycles. The molecular formula is C24H20F2IN. The zero-order valence-corrected chi connectivity index (χ0v) is 17.7. The highest BCUT2D eigenvalue weighted by Crippen LogP contribution is 2.33. The van der Waals surface area contributed by atoms with Crippen molar-refractivity contribution in [2.24, 2.45) is 0 Å². The van der Waals surface area contributed by atoms with Crippen LogP contribution in [0.2, 0.25) is 0 Å². The summed E-state index contributed by atoms with van der Waals surface area (Å²) in [6, 6.07) is 16.0. The normalized spacial score (nSPS) is 13.0. The van der Waals surface area contributed by atoms with Crippen molar-refractivity contribution >= 4 is 34.2 Å². The van der Waals surface area contributed by atoms with E-state index in [9.17, 15) is 8.78 Å². The summed E-state index contributed by atoms with van der Waals surface area (Å²) in [5.41, 5.74) is 4.91. The largest absolute Gasteiger partial charge is 0.256 e. The topological polar surface area (TPSA) is 12.9 Å². The van der Waals surface area contributed by atoms with Crippen molar-refractivity contribution in [3.63, 3.8) is 0 Å². The predicted octanol–water partition coefficient (Wildman–Crippen LogP) is 7.36. The summed E-state index contributed by atoms with van der Waals surface area (Å²) in [5.74, 6) is -0.353. The molecule has 0 aliphatic rings. The number of rotatable bonds is 6. The Morgan fingerprint density at radius 2 is 1.89 bits per heavy atom. The summed E-state index contributed by atoms with van der Waals surface area (Å²) in [7, 11) is 0. The van der Waals surface area contributed by atoms with Crippen LogP contribution in [-0.4, -0.2) is 4.98 Å². The number of halogens is 3. The van der Waals surface area contributed by atoms with Crippen molar-refractivity contribution in [1.82, 2.24) is 4.98 Å². The minimum Gasteiger partial charge on any atom is -0.256 e. The van der Waals surface area contributed by atoms with Crippen LogP contribution in [-0.2, 0) is 10.1 Å². The van der Waals surface area contributed by atoms with Gasteiger partial charge in [-0.15, -0.1) is 0 Å². The lowest BCUT2D eigenvalue weighted by Crippen LogP contribution is -2.04. The van der Waals surface area contributed by atoms with Gasteiger partial charge < -0.3 is 0 Å². The molecule has 0 amide bonds. The van der Waals surface area contributed by atoms with Gasteiger partial charge in [-0.1, -0.05) is 55.6 Å². The number of aromatic nitrogens is 1.